The standard InChI is InChI=1S/C13H13N3O4/c14-7-9-6-10(2-3-11(9)16(19)20)15-8-13(12(17)18)4-1-5-13/h2-3,6,15H,1,4-5,8H2,(H,17,18). The van der Waals surface area contributed by atoms with Gasteiger partial charge in [0.1, 0.15) is 11.6 Å². The van der Waals surface area contributed by atoms with Crippen LogP contribution < -0.4 is 5.32 Å². The first-order chi connectivity index (χ1) is 9.48. The SMILES string of the molecule is N#Cc1cc(NCC2(C(=O)O)CCC2)ccc1[N+](=O)[O-]. The molecule has 0 aromatic heterocycles. The van der Waals surface area contributed by atoms with Crippen molar-refractivity contribution in [3.8, 4) is 6.07 Å². The molecule has 0 aliphatic heterocycles. The predicted octanol–water partition coefficient (Wildman–Crippen LogP) is 2.13. The molecule has 2 rings (SSSR count). The summed E-state index contributed by atoms with van der Waals surface area (Å²) in [6, 6.07) is 5.86. The Morgan fingerprint density at radius 2 is 2.25 bits per heavy atom. The minimum Gasteiger partial charge on any atom is -0.481 e. The van der Waals surface area contributed by atoms with Crippen molar-refractivity contribution in [2.75, 3.05) is 11.9 Å². The molecule has 1 saturated carbocycles. The molecule has 1 aliphatic rings. The summed E-state index contributed by atoms with van der Waals surface area (Å²) in [6.07, 6.45) is 2.12. The predicted molar refractivity (Wildman–Crippen MR) is 70.2 cm³/mol. The van der Waals surface area contributed by atoms with E-state index in [1.165, 1.54) is 18.2 Å². The number of nitro benzene ring substituents is 1. The van der Waals surface area contributed by atoms with Crippen LogP contribution in [0.25, 0.3) is 0 Å². The highest BCUT2D eigenvalue weighted by molar-refractivity contribution is 5.76. The molecule has 7 heteroatoms. The molecule has 0 bridgehead atoms. The number of anilines is 1. The molecule has 1 fully saturated rings. The number of carboxylic acid groups (broad SMARTS) is 1. The number of carboxylic acids is 1. The van der Waals surface area contributed by atoms with Crippen LogP contribution in [0, 0.1) is 26.9 Å². The summed E-state index contributed by atoms with van der Waals surface area (Å²) >= 11 is 0. The summed E-state index contributed by atoms with van der Waals surface area (Å²) < 4.78 is 0. The lowest BCUT2D eigenvalue weighted by Gasteiger charge is -2.37. The van der Waals surface area contributed by atoms with Gasteiger partial charge in [-0.1, -0.05) is 6.42 Å². The van der Waals surface area contributed by atoms with E-state index in [4.69, 9.17) is 5.26 Å². The van der Waals surface area contributed by atoms with Gasteiger partial charge in [-0.15, -0.1) is 0 Å². The van der Waals surface area contributed by atoms with Crippen LogP contribution in [-0.2, 0) is 4.79 Å². The summed E-state index contributed by atoms with van der Waals surface area (Å²) in [5, 5.41) is 31.8. The summed E-state index contributed by atoms with van der Waals surface area (Å²) in [5.74, 6) is -0.835. The van der Waals surface area contributed by atoms with Gasteiger partial charge in [0.15, 0.2) is 0 Å². The van der Waals surface area contributed by atoms with Gasteiger partial charge < -0.3 is 10.4 Å². The first kappa shape index (κ1) is 13.8. The Hall–Kier alpha value is -2.62. The van der Waals surface area contributed by atoms with Crippen LogP contribution in [0.15, 0.2) is 18.2 Å². The van der Waals surface area contributed by atoms with Crippen molar-refractivity contribution in [2.24, 2.45) is 5.41 Å². The van der Waals surface area contributed by atoms with Crippen molar-refractivity contribution < 1.29 is 14.8 Å². The molecule has 0 saturated heterocycles. The zero-order chi connectivity index (χ0) is 14.8. The van der Waals surface area contributed by atoms with Crippen LogP contribution in [0.5, 0.6) is 0 Å². The fourth-order valence-electron chi connectivity index (χ4n) is 2.24. The van der Waals surface area contributed by atoms with Gasteiger partial charge >= 0.3 is 5.97 Å². The zero-order valence-electron chi connectivity index (χ0n) is 10.6. The van der Waals surface area contributed by atoms with Crippen molar-refractivity contribution in [3.05, 3.63) is 33.9 Å². The van der Waals surface area contributed by atoms with Crippen LogP contribution in [0.1, 0.15) is 24.8 Å². The maximum Gasteiger partial charge on any atom is 0.311 e. The van der Waals surface area contributed by atoms with Gasteiger partial charge in [-0.05, 0) is 25.0 Å². The molecule has 0 amide bonds. The number of carbonyl (C=O) groups is 1. The smallest absolute Gasteiger partial charge is 0.311 e. The quantitative estimate of drug-likeness (QED) is 0.628. The van der Waals surface area contributed by atoms with Crippen LogP contribution in [0.2, 0.25) is 0 Å². The third-order valence-corrected chi connectivity index (χ3v) is 3.71. The lowest BCUT2D eigenvalue weighted by atomic mass is 9.69. The Labute approximate surface area is 115 Å². The number of aliphatic carboxylic acids is 1. The van der Waals surface area contributed by atoms with Gasteiger partial charge in [0, 0.05) is 18.3 Å². The Balaban J connectivity index is 2.13. The molecule has 0 atom stereocenters. The zero-order valence-corrected chi connectivity index (χ0v) is 10.6. The second-order valence-electron chi connectivity index (χ2n) is 4.89. The molecule has 1 aromatic rings. The lowest BCUT2D eigenvalue weighted by molar-refractivity contribution is -0.385. The lowest BCUT2D eigenvalue weighted by Crippen LogP contribution is -2.43. The van der Waals surface area contributed by atoms with Crippen molar-refractivity contribution in [2.45, 2.75) is 19.3 Å². The normalized spacial score (nSPS) is 15.8. The van der Waals surface area contributed by atoms with Gasteiger partial charge in [0.25, 0.3) is 5.69 Å². The molecule has 0 spiro atoms. The highest BCUT2D eigenvalue weighted by Gasteiger charge is 2.44. The Morgan fingerprint density at radius 3 is 2.70 bits per heavy atom. The van der Waals surface area contributed by atoms with E-state index in [0.717, 1.165) is 6.42 Å². The molecule has 2 N–H and O–H groups in total. The highest BCUT2D eigenvalue weighted by Crippen LogP contribution is 2.41. The van der Waals surface area contributed by atoms with E-state index in [1.54, 1.807) is 6.07 Å². The van der Waals surface area contributed by atoms with Crippen molar-refractivity contribution in [3.63, 3.8) is 0 Å². The minimum atomic E-state index is -0.835. The van der Waals surface area contributed by atoms with Crippen molar-refractivity contribution in [1.82, 2.24) is 0 Å². The number of hydrogen-bond acceptors (Lipinski definition) is 5. The average Bonchev–Trinajstić information content (AvgIpc) is 2.36. The fraction of sp³-hybridized carbons (Fsp3) is 0.385. The van der Waals surface area contributed by atoms with Crippen LogP contribution in [0.3, 0.4) is 0 Å². The maximum absolute atomic E-state index is 11.2. The Morgan fingerprint density at radius 1 is 1.55 bits per heavy atom. The Kier molecular flexibility index (Phi) is 3.57. The van der Waals surface area contributed by atoms with E-state index in [9.17, 15) is 20.0 Å². The van der Waals surface area contributed by atoms with Gasteiger partial charge in [-0.2, -0.15) is 5.26 Å². The molecular formula is C13H13N3O4. The highest BCUT2D eigenvalue weighted by atomic mass is 16.6. The number of rotatable bonds is 5. The minimum absolute atomic E-state index is 0.0435. The number of nitrogens with zero attached hydrogens (tertiary/aromatic N) is 2. The molecule has 7 nitrogen and oxygen atoms in total. The number of benzene rings is 1. The topological polar surface area (TPSA) is 116 Å². The van der Waals surface area contributed by atoms with Gasteiger partial charge in [-0.25, -0.2) is 0 Å². The maximum atomic E-state index is 11.2. The first-order valence-electron chi connectivity index (χ1n) is 6.14. The largest absolute Gasteiger partial charge is 0.481 e. The second-order valence-corrected chi connectivity index (χ2v) is 4.89. The number of nitrogens with one attached hydrogen (secondary N) is 1. The third kappa shape index (κ3) is 2.40. The van der Waals surface area contributed by atoms with E-state index in [-0.39, 0.29) is 17.8 Å². The van der Waals surface area contributed by atoms with E-state index in [2.05, 4.69) is 5.32 Å². The van der Waals surface area contributed by atoms with Crippen LogP contribution in [-0.4, -0.2) is 22.5 Å². The third-order valence-electron chi connectivity index (χ3n) is 3.71. The van der Waals surface area contributed by atoms with Gasteiger partial charge in [0.2, 0.25) is 0 Å². The number of nitro groups is 1. The van der Waals surface area contributed by atoms with E-state index in [0.29, 0.717) is 18.5 Å². The monoisotopic (exact) mass is 275 g/mol. The molecule has 1 aromatic carbocycles. The summed E-state index contributed by atoms with van der Waals surface area (Å²) in [5.41, 5.74) is -0.540. The van der Waals surface area contributed by atoms with Crippen LogP contribution in [0.4, 0.5) is 11.4 Å². The number of hydrogen-bond donors (Lipinski definition) is 2. The second kappa shape index (κ2) is 5.17. The molecule has 104 valence electrons. The first-order valence-corrected chi connectivity index (χ1v) is 6.14. The molecular weight excluding hydrogens is 262 g/mol. The van der Waals surface area contributed by atoms with E-state index in [1.807, 2.05) is 0 Å². The van der Waals surface area contributed by atoms with Gasteiger partial charge in [0.05, 0.1) is 10.3 Å². The summed E-state index contributed by atoms with van der Waals surface area (Å²) in [6.45, 7) is 0.255. The van der Waals surface area contributed by atoms with E-state index >= 15 is 0 Å². The molecule has 0 unspecified atom stereocenters. The molecule has 0 heterocycles. The van der Waals surface area contributed by atoms with Crippen molar-refractivity contribution >= 4 is 17.3 Å². The Bertz CT molecular complexity index is 602. The van der Waals surface area contributed by atoms with E-state index < -0.39 is 16.3 Å². The molecule has 0 radical (unpaired) electrons. The van der Waals surface area contributed by atoms with Gasteiger partial charge in [-0.3, -0.25) is 14.9 Å². The summed E-state index contributed by atoms with van der Waals surface area (Å²) in [7, 11) is 0. The van der Waals surface area contributed by atoms with Crippen LogP contribution >= 0.6 is 0 Å². The fourth-order valence-corrected chi connectivity index (χ4v) is 2.24. The number of nitriles is 1. The molecule has 1 aliphatic carbocycles. The van der Waals surface area contributed by atoms with Crippen molar-refractivity contribution in [1.29, 1.82) is 5.26 Å². The molecule has 20 heavy (non-hydrogen) atoms. The summed E-state index contributed by atoms with van der Waals surface area (Å²) in [4.78, 5) is 21.3. The average molecular weight is 275 g/mol.